The van der Waals surface area contributed by atoms with Gasteiger partial charge in [-0.15, -0.1) is 16.9 Å². The standard InChI is InChI=1S/C19H17N5O7S2/c25-10-3-1-8(2-4-10)5-11(26)20-12-16(29)24-13(18(30)31)9(6-32-17(12)24)7-33-19-21-14(27)15(28)22-23-19/h1-4,12,17,25H,5-7H2,(H,20,26)(H,22,28)(H,30,31)(H,21,23,27)/t12?,17-/m0/s1. The summed E-state index contributed by atoms with van der Waals surface area (Å²) in [5, 5.41) is 27.0. The second kappa shape index (κ2) is 9.15. The molecule has 2 atom stereocenters. The highest BCUT2D eigenvalue weighted by molar-refractivity contribution is 8.01. The van der Waals surface area contributed by atoms with E-state index in [0.717, 1.165) is 16.7 Å². The molecule has 1 aromatic heterocycles. The predicted molar refractivity (Wildman–Crippen MR) is 118 cm³/mol. The number of carboxylic acids is 1. The second-order valence-corrected chi connectivity index (χ2v) is 9.23. The van der Waals surface area contributed by atoms with Gasteiger partial charge in [-0.2, -0.15) is 0 Å². The lowest BCUT2D eigenvalue weighted by Crippen LogP contribution is -2.70. The lowest BCUT2D eigenvalue weighted by molar-refractivity contribution is -0.150. The van der Waals surface area contributed by atoms with Crippen molar-refractivity contribution < 1.29 is 24.6 Å². The maximum atomic E-state index is 12.7. The average molecular weight is 492 g/mol. The van der Waals surface area contributed by atoms with Crippen molar-refractivity contribution in [2.45, 2.75) is 23.0 Å². The van der Waals surface area contributed by atoms with Crippen LogP contribution in [0.1, 0.15) is 5.56 Å². The largest absolute Gasteiger partial charge is 0.508 e. The molecule has 2 aliphatic heterocycles. The molecule has 0 bridgehead atoms. The molecule has 3 heterocycles. The molecule has 2 amide bonds. The monoisotopic (exact) mass is 491 g/mol. The molecule has 1 fully saturated rings. The minimum absolute atomic E-state index is 0.00926. The zero-order valence-corrected chi connectivity index (χ0v) is 18.4. The molecule has 5 N–H and O–H groups in total. The molecule has 2 aromatic rings. The third kappa shape index (κ3) is 4.66. The number of fused-ring (bicyclic) bond motifs is 1. The van der Waals surface area contributed by atoms with Crippen LogP contribution in [0.5, 0.6) is 5.75 Å². The number of nitrogens with one attached hydrogen (secondary N) is 3. The van der Waals surface area contributed by atoms with E-state index in [2.05, 4.69) is 15.4 Å². The number of carbonyl (C=O) groups is 3. The van der Waals surface area contributed by atoms with Gasteiger partial charge in [0.05, 0.1) is 6.42 Å². The van der Waals surface area contributed by atoms with Gasteiger partial charge in [0.1, 0.15) is 22.9 Å². The number of hydrogen-bond acceptors (Lipinski definition) is 9. The van der Waals surface area contributed by atoms with E-state index in [4.69, 9.17) is 0 Å². The number of carbonyl (C=O) groups excluding carboxylic acids is 2. The van der Waals surface area contributed by atoms with Crippen LogP contribution in [0.2, 0.25) is 0 Å². The van der Waals surface area contributed by atoms with Gasteiger partial charge < -0.3 is 15.5 Å². The highest BCUT2D eigenvalue weighted by Gasteiger charge is 2.54. The molecule has 0 aliphatic carbocycles. The summed E-state index contributed by atoms with van der Waals surface area (Å²) in [5.41, 5.74) is -0.825. The number of nitrogens with zero attached hydrogens (tertiary/aromatic N) is 2. The Balaban J connectivity index is 1.44. The summed E-state index contributed by atoms with van der Waals surface area (Å²) >= 11 is 2.33. The van der Waals surface area contributed by atoms with Gasteiger partial charge in [0, 0.05) is 11.5 Å². The molecule has 12 nitrogen and oxygen atoms in total. The van der Waals surface area contributed by atoms with Gasteiger partial charge in [0.25, 0.3) is 5.91 Å². The van der Waals surface area contributed by atoms with E-state index in [1.54, 1.807) is 12.1 Å². The Morgan fingerprint density at radius 2 is 1.94 bits per heavy atom. The number of rotatable bonds is 7. The van der Waals surface area contributed by atoms with Crippen LogP contribution in [0.25, 0.3) is 0 Å². The van der Waals surface area contributed by atoms with E-state index < -0.39 is 40.3 Å². The molecule has 2 aliphatic rings. The average Bonchev–Trinajstić information content (AvgIpc) is 2.79. The quantitative estimate of drug-likeness (QED) is 0.187. The van der Waals surface area contributed by atoms with E-state index >= 15 is 0 Å². The molecule has 1 saturated heterocycles. The van der Waals surface area contributed by atoms with Gasteiger partial charge in [0.2, 0.25) is 5.91 Å². The lowest BCUT2D eigenvalue weighted by atomic mass is 10.0. The Labute approximate surface area is 193 Å². The number of phenols is 1. The molecule has 33 heavy (non-hydrogen) atoms. The summed E-state index contributed by atoms with van der Waals surface area (Å²) in [6, 6.07) is 5.26. The number of aromatic amines is 2. The van der Waals surface area contributed by atoms with Crippen molar-refractivity contribution in [2.24, 2.45) is 0 Å². The van der Waals surface area contributed by atoms with E-state index in [1.165, 1.54) is 23.9 Å². The topological polar surface area (TPSA) is 186 Å². The number of H-pyrrole nitrogens is 2. The van der Waals surface area contributed by atoms with Crippen LogP contribution in [0, 0.1) is 0 Å². The maximum absolute atomic E-state index is 12.7. The first-order valence-electron chi connectivity index (χ1n) is 9.53. The molecule has 0 spiro atoms. The minimum atomic E-state index is -1.28. The van der Waals surface area contributed by atoms with Crippen LogP contribution in [-0.2, 0) is 20.8 Å². The van der Waals surface area contributed by atoms with Gasteiger partial charge in [-0.05, 0) is 23.3 Å². The van der Waals surface area contributed by atoms with Crippen molar-refractivity contribution in [3.63, 3.8) is 0 Å². The van der Waals surface area contributed by atoms with Crippen LogP contribution in [0.3, 0.4) is 0 Å². The first kappa shape index (κ1) is 22.7. The predicted octanol–water partition coefficient (Wildman–Crippen LogP) is -0.763. The number of aromatic nitrogens is 3. The minimum Gasteiger partial charge on any atom is -0.508 e. The molecule has 14 heteroatoms. The van der Waals surface area contributed by atoms with Crippen molar-refractivity contribution in [1.29, 1.82) is 0 Å². The summed E-state index contributed by atoms with van der Waals surface area (Å²) in [6.45, 7) is 0. The molecular weight excluding hydrogens is 474 g/mol. The Kier molecular flexibility index (Phi) is 6.29. The van der Waals surface area contributed by atoms with Crippen molar-refractivity contribution in [3.05, 3.63) is 61.8 Å². The zero-order chi connectivity index (χ0) is 23.7. The van der Waals surface area contributed by atoms with Crippen molar-refractivity contribution >= 4 is 41.3 Å². The van der Waals surface area contributed by atoms with Gasteiger partial charge in [-0.1, -0.05) is 23.9 Å². The van der Waals surface area contributed by atoms with E-state index in [-0.39, 0.29) is 28.8 Å². The van der Waals surface area contributed by atoms with Crippen LogP contribution < -0.4 is 16.4 Å². The number of amides is 2. The summed E-state index contributed by atoms with van der Waals surface area (Å²) < 4.78 is 0. The number of phenolic OH excluding ortho intramolecular Hbond substituents is 1. The number of benzene rings is 1. The Bertz CT molecular complexity index is 1270. The lowest BCUT2D eigenvalue weighted by Gasteiger charge is -2.49. The Hall–Kier alpha value is -3.52. The molecular formula is C19H17N5O7S2. The number of aliphatic carboxylic acids is 1. The van der Waals surface area contributed by atoms with E-state index in [9.17, 15) is 34.2 Å². The molecule has 1 aromatic carbocycles. The Morgan fingerprint density at radius 3 is 2.61 bits per heavy atom. The van der Waals surface area contributed by atoms with Crippen LogP contribution in [0.15, 0.2) is 50.3 Å². The van der Waals surface area contributed by atoms with Gasteiger partial charge in [-0.25, -0.2) is 9.89 Å². The summed E-state index contributed by atoms with van der Waals surface area (Å²) in [5.74, 6) is -1.71. The molecule has 172 valence electrons. The molecule has 0 saturated carbocycles. The van der Waals surface area contributed by atoms with Crippen LogP contribution in [-0.4, -0.2) is 71.0 Å². The zero-order valence-electron chi connectivity index (χ0n) is 16.7. The highest BCUT2D eigenvalue weighted by atomic mass is 32.2. The highest BCUT2D eigenvalue weighted by Crippen LogP contribution is 2.41. The van der Waals surface area contributed by atoms with Crippen LogP contribution >= 0.6 is 23.5 Å². The summed E-state index contributed by atoms with van der Waals surface area (Å²) in [7, 11) is 0. The Morgan fingerprint density at radius 1 is 1.21 bits per heavy atom. The second-order valence-electron chi connectivity index (χ2n) is 7.16. The normalized spacial score (nSPS) is 19.6. The first-order chi connectivity index (χ1) is 15.7. The van der Waals surface area contributed by atoms with Gasteiger partial charge in [0.15, 0.2) is 5.16 Å². The smallest absolute Gasteiger partial charge is 0.352 e. The number of carboxylic acid groups (broad SMARTS) is 1. The number of aromatic hydroxyl groups is 1. The van der Waals surface area contributed by atoms with Crippen LogP contribution in [0.4, 0.5) is 0 Å². The fourth-order valence-electron chi connectivity index (χ4n) is 3.38. The fourth-order valence-corrected chi connectivity index (χ4v) is 5.68. The first-order valence-corrected chi connectivity index (χ1v) is 11.6. The van der Waals surface area contributed by atoms with Gasteiger partial charge >= 0.3 is 17.1 Å². The van der Waals surface area contributed by atoms with E-state index in [1.807, 2.05) is 5.10 Å². The SMILES string of the molecule is O=C(Cc1ccc(O)cc1)NC1C(=O)N2C(C(=O)O)=C(CSc3n[nH]c(=O)c(=O)[nH]3)CS[C@@H]12. The summed E-state index contributed by atoms with van der Waals surface area (Å²) in [6.07, 6.45) is 0.00926. The third-order valence-electron chi connectivity index (χ3n) is 4.94. The summed E-state index contributed by atoms with van der Waals surface area (Å²) in [4.78, 5) is 62.9. The fraction of sp³-hybridized carbons (Fsp3) is 0.263. The van der Waals surface area contributed by atoms with Crippen molar-refractivity contribution in [3.8, 4) is 5.75 Å². The third-order valence-corrected chi connectivity index (χ3v) is 7.24. The van der Waals surface area contributed by atoms with E-state index in [0.29, 0.717) is 16.9 Å². The number of thioether (sulfide) groups is 2. The van der Waals surface area contributed by atoms with Crippen molar-refractivity contribution in [2.75, 3.05) is 11.5 Å². The molecule has 4 rings (SSSR count). The molecule has 0 radical (unpaired) electrons. The molecule has 1 unspecified atom stereocenters. The number of hydrogen-bond donors (Lipinski definition) is 5. The maximum Gasteiger partial charge on any atom is 0.352 e. The van der Waals surface area contributed by atoms with Gasteiger partial charge in [-0.3, -0.25) is 29.1 Å². The van der Waals surface area contributed by atoms with Crippen molar-refractivity contribution in [1.82, 2.24) is 25.4 Å². The number of β-lactam (4-membered cyclic amide) rings is 1.